The molecule has 0 bridgehead atoms. The maximum Gasteiger partial charge on any atom is 0.310 e. The second-order valence-corrected chi connectivity index (χ2v) is 14.2. The van der Waals surface area contributed by atoms with Crippen LogP contribution in [-0.4, -0.2) is 77.1 Å². The molecule has 1 N–H and O–H groups in total. The first-order chi connectivity index (χ1) is 15.1. The largest absolute Gasteiger partial charge is 0.469 e. The summed E-state index contributed by atoms with van der Waals surface area (Å²) in [5.41, 5.74) is 0. The zero-order valence-electron chi connectivity index (χ0n) is 18.9. The standard InChI is InChI=1S/C11H18O4S.C10H17NO4S/c1-15-10(12)9-5-8-16(13,14)11(9)6-3-2-4-7-11;1-15-9(12)8-2-7-16(13,14)10(8)3-5-11-6-4-10/h9H,2-8H2,1H3;8,11H,2-7H2,1H3. The highest BCUT2D eigenvalue weighted by Gasteiger charge is 2.58. The molecule has 9 nitrogen and oxygen atoms in total. The molecule has 2 unspecified atom stereocenters. The summed E-state index contributed by atoms with van der Waals surface area (Å²) in [6.07, 6.45) is 6.06. The predicted molar refractivity (Wildman–Crippen MR) is 118 cm³/mol. The number of methoxy groups -OCH3 is 2. The van der Waals surface area contributed by atoms with Gasteiger partial charge in [-0.1, -0.05) is 19.3 Å². The van der Waals surface area contributed by atoms with E-state index in [0.717, 1.165) is 19.3 Å². The van der Waals surface area contributed by atoms with Crippen LogP contribution in [0.4, 0.5) is 0 Å². The van der Waals surface area contributed by atoms with Gasteiger partial charge in [-0.25, -0.2) is 16.8 Å². The van der Waals surface area contributed by atoms with Crippen LogP contribution < -0.4 is 5.32 Å². The fourth-order valence-corrected chi connectivity index (χ4v) is 11.1. The minimum Gasteiger partial charge on any atom is -0.469 e. The molecule has 1 saturated carbocycles. The number of esters is 2. The monoisotopic (exact) mass is 493 g/mol. The zero-order valence-corrected chi connectivity index (χ0v) is 20.6. The first kappa shape index (κ1) is 25.4. The topological polar surface area (TPSA) is 133 Å². The molecule has 0 aromatic rings. The molecule has 184 valence electrons. The molecule has 3 aliphatic heterocycles. The molecule has 0 amide bonds. The number of hydrogen-bond acceptors (Lipinski definition) is 9. The lowest BCUT2D eigenvalue weighted by atomic mass is 9.78. The van der Waals surface area contributed by atoms with E-state index in [9.17, 15) is 26.4 Å². The maximum atomic E-state index is 12.2. The van der Waals surface area contributed by atoms with Gasteiger partial charge in [-0.15, -0.1) is 0 Å². The van der Waals surface area contributed by atoms with Crippen molar-refractivity contribution in [3.63, 3.8) is 0 Å². The Morgan fingerprint density at radius 3 is 1.53 bits per heavy atom. The first-order valence-electron chi connectivity index (χ1n) is 11.4. The van der Waals surface area contributed by atoms with E-state index in [4.69, 9.17) is 9.47 Å². The van der Waals surface area contributed by atoms with Gasteiger partial charge in [-0.2, -0.15) is 0 Å². The Morgan fingerprint density at radius 2 is 1.12 bits per heavy atom. The number of hydrogen-bond donors (Lipinski definition) is 1. The average Bonchev–Trinajstić information content (AvgIpc) is 3.18. The summed E-state index contributed by atoms with van der Waals surface area (Å²) in [6.45, 7) is 1.32. The zero-order chi connectivity index (χ0) is 23.6. The third-order valence-electron chi connectivity index (χ3n) is 7.98. The SMILES string of the molecule is COC(=O)C1CCS(=O)(=O)C12CCCCC2.COC(=O)C1CCS(=O)(=O)C12CCNCC2. The molecule has 0 radical (unpaired) electrons. The Kier molecular flexibility index (Phi) is 7.61. The van der Waals surface area contributed by atoms with Crippen LogP contribution in [0, 0.1) is 11.8 Å². The van der Waals surface area contributed by atoms with Crippen LogP contribution in [0.5, 0.6) is 0 Å². The Hall–Kier alpha value is -1.20. The molecule has 0 aromatic carbocycles. The molecule has 1 aliphatic carbocycles. The lowest BCUT2D eigenvalue weighted by Crippen LogP contribution is -2.51. The van der Waals surface area contributed by atoms with Crippen molar-refractivity contribution < 1.29 is 35.9 Å². The van der Waals surface area contributed by atoms with Crippen LogP contribution in [0.3, 0.4) is 0 Å². The highest BCUT2D eigenvalue weighted by molar-refractivity contribution is 7.93. The van der Waals surface area contributed by atoms with Gasteiger partial charge in [-0.3, -0.25) is 9.59 Å². The van der Waals surface area contributed by atoms with Crippen LogP contribution in [-0.2, 0) is 38.7 Å². The van der Waals surface area contributed by atoms with Gasteiger partial charge in [0.05, 0.1) is 47.1 Å². The van der Waals surface area contributed by atoms with E-state index in [-0.39, 0.29) is 23.4 Å². The summed E-state index contributed by atoms with van der Waals surface area (Å²) in [6, 6.07) is 0. The molecule has 3 saturated heterocycles. The van der Waals surface area contributed by atoms with Crippen molar-refractivity contribution in [1.82, 2.24) is 5.32 Å². The quantitative estimate of drug-likeness (QED) is 0.560. The van der Waals surface area contributed by atoms with Crippen LogP contribution in [0.1, 0.15) is 57.8 Å². The van der Waals surface area contributed by atoms with Gasteiger partial charge in [0, 0.05) is 0 Å². The Labute approximate surface area is 190 Å². The third kappa shape index (κ3) is 4.20. The summed E-state index contributed by atoms with van der Waals surface area (Å²) >= 11 is 0. The highest BCUT2D eigenvalue weighted by atomic mass is 32.2. The van der Waals surface area contributed by atoms with Crippen molar-refractivity contribution in [2.45, 2.75) is 67.3 Å². The van der Waals surface area contributed by atoms with E-state index in [1.54, 1.807) is 0 Å². The maximum absolute atomic E-state index is 12.2. The molecule has 2 atom stereocenters. The Balaban J connectivity index is 0.000000181. The highest BCUT2D eigenvalue weighted by Crippen LogP contribution is 2.48. The summed E-state index contributed by atoms with van der Waals surface area (Å²) in [5.74, 6) is -1.35. The lowest BCUT2D eigenvalue weighted by Gasteiger charge is -2.36. The van der Waals surface area contributed by atoms with E-state index < -0.39 is 41.0 Å². The van der Waals surface area contributed by atoms with Gasteiger partial charge >= 0.3 is 11.9 Å². The number of carbonyl (C=O) groups is 2. The van der Waals surface area contributed by atoms with E-state index in [1.807, 2.05) is 0 Å². The van der Waals surface area contributed by atoms with Crippen molar-refractivity contribution in [1.29, 1.82) is 0 Å². The smallest absolute Gasteiger partial charge is 0.310 e. The van der Waals surface area contributed by atoms with Crippen molar-refractivity contribution in [2.24, 2.45) is 11.8 Å². The van der Waals surface area contributed by atoms with Crippen LogP contribution >= 0.6 is 0 Å². The summed E-state index contributed by atoms with van der Waals surface area (Å²) in [5, 5.41) is 3.13. The summed E-state index contributed by atoms with van der Waals surface area (Å²) in [7, 11) is -3.61. The predicted octanol–water partition coefficient (Wildman–Crippen LogP) is 1.01. The van der Waals surface area contributed by atoms with Gasteiger partial charge in [-0.05, 0) is 51.6 Å². The molecule has 0 aromatic heterocycles. The summed E-state index contributed by atoms with van der Waals surface area (Å²) < 4.78 is 56.4. The molecule has 32 heavy (non-hydrogen) atoms. The van der Waals surface area contributed by atoms with Crippen molar-refractivity contribution in [3.8, 4) is 0 Å². The number of carbonyl (C=O) groups excluding carboxylic acids is 2. The van der Waals surface area contributed by atoms with Gasteiger partial charge in [0.15, 0.2) is 19.7 Å². The summed E-state index contributed by atoms with van der Waals surface area (Å²) in [4.78, 5) is 23.4. The second-order valence-electron chi connectivity index (χ2n) is 9.31. The van der Waals surface area contributed by atoms with E-state index in [0.29, 0.717) is 51.6 Å². The van der Waals surface area contributed by atoms with E-state index in [2.05, 4.69) is 5.32 Å². The Bertz CT molecular complexity index is 839. The minimum absolute atomic E-state index is 0.118. The number of ether oxygens (including phenoxy) is 2. The molecule has 2 spiro atoms. The van der Waals surface area contributed by atoms with Crippen molar-refractivity contribution in [2.75, 3.05) is 38.8 Å². The molecule has 4 aliphatic rings. The minimum atomic E-state index is -3.15. The van der Waals surface area contributed by atoms with Crippen LogP contribution in [0.15, 0.2) is 0 Å². The third-order valence-corrected chi connectivity index (χ3v) is 13.4. The average molecular weight is 494 g/mol. The fourth-order valence-electron chi connectivity index (χ4n) is 6.18. The molecular weight excluding hydrogens is 458 g/mol. The fraction of sp³-hybridized carbons (Fsp3) is 0.905. The normalized spacial score (nSPS) is 31.4. The molecule has 4 rings (SSSR count). The van der Waals surface area contributed by atoms with Gasteiger partial charge < -0.3 is 14.8 Å². The van der Waals surface area contributed by atoms with E-state index >= 15 is 0 Å². The number of rotatable bonds is 2. The number of nitrogens with one attached hydrogen (secondary N) is 1. The van der Waals surface area contributed by atoms with Crippen LogP contribution in [0.2, 0.25) is 0 Å². The lowest BCUT2D eigenvalue weighted by molar-refractivity contribution is -0.147. The van der Waals surface area contributed by atoms with Gasteiger partial charge in [0.1, 0.15) is 0 Å². The van der Waals surface area contributed by atoms with Gasteiger partial charge in [0.25, 0.3) is 0 Å². The molecule has 3 heterocycles. The molecule has 11 heteroatoms. The van der Waals surface area contributed by atoms with E-state index in [1.165, 1.54) is 14.2 Å². The second kappa shape index (κ2) is 9.58. The van der Waals surface area contributed by atoms with Crippen molar-refractivity contribution in [3.05, 3.63) is 0 Å². The molecule has 4 fully saturated rings. The first-order valence-corrected chi connectivity index (χ1v) is 14.7. The van der Waals surface area contributed by atoms with Crippen LogP contribution in [0.25, 0.3) is 0 Å². The number of piperidine rings is 1. The molecular formula is C21H35NO8S2. The van der Waals surface area contributed by atoms with Crippen molar-refractivity contribution >= 4 is 31.6 Å². The van der Waals surface area contributed by atoms with Gasteiger partial charge in [0.2, 0.25) is 0 Å². The Morgan fingerprint density at radius 1 is 0.719 bits per heavy atom. The number of sulfone groups is 2.